The van der Waals surface area contributed by atoms with Gasteiger partial charge in [0.15, 0.2) is 0 Å². The van der Waals surface area contributed by atoms with E-state index < -0.39 is 11.4 Å². The summed E-state index contributed by atoms with van der Waals surface area (Å²) in [5, 5.41) is 19.5. The fourth-order valence-electron chi connectivity index (χ4n) is 2.93. The van der Waals surface area contributed by atoms with Gasteiger partial charge in [0.25, 0.3) is 0 Å². The molecule has 1 aromatic rings. The predicted molar refractivity (Wildman–Crippen MR) is 65.4 cm³/mol. The minimum absolute atomic E-state index is 0.232. The van der Waals surface area contributed by atoms with Gasteiger partial charge in [0.1, 0.15) is 5.75 Å². The summed E-state index contributed by atoms with van der Waals surface area (Å²) >= 11 is 0. The lowest BCUT2D eigenvalue weighted by atomic mass is 9.76. The predicted octanol–water partition coefficient (Wildman–Crippen LogP) is 2.91. The molecule has 0 spiro atoms. The Hall–Kier alpha value is -1.51. The molecule has 1 fully saturated rings. The molecule has 17 heavy (non-hydrogen) atoms. The Bertz CT molecular complexity index is 457. The number of phenols is 1. The van der Waals surface area contributed by atoms with Crippen LogP contribution in [0.5, 0.6) is 5.75 Å². The average molecular weight is 234 g/mol. The van der Waals surface area contributed by atoms with Crippen LogP contribution < -0.4 is 0 Å². The number of carbonyl (C=O) groups is 1. The maximum absolute atomic E-state index is 11.6. The fourth-order valence-corrected chi connectivity index (χ4v) is 2.93. The molecular formula is C14H18O3. The van der Waals surface area contributed by atoms with E-state index in [1.54, 1.807) is 13.0 Å². The number of aryl methyl sites for hydroxylation is 1. The summed E-state index contributed by atoms with van der Waals surface area (Å²) in [6, 6.07) is 3.67. The van der Waals surface area contributed by atoms with E-state index in [0.29, 0.717) is 18.4 Å². The normalized spacial score (nSPS) is 18.2. The van der Waals surface area contributed by atoms with Crippen LogP contribution in [0.25, 0.3) is 0 Å². The number of benzene rings is 1. The second-order valence-corrected chi connectivity index (χ2v) is 5.00. The van der Waals surface area contributed by atoms with Crippen molar-refractivity contribution in [1.82, 2.24) is 0 Å². The van der Waals surface area contributed by atoms with Gasteiger partial charge in [-0.15, -0.1) is 0 Å². The Balaban J connectivity index is 2.59. The third-order valence-electron chi connectivity index (χ3n) is 4.01. The molecule has 1 aromatic carbocycles. The van der Waals surface area contributed by atoms with Crippen LogP contribution in [0.2, 0.25) is 0 Å². The Kier molecular flexibility index (Phi) is 2.86. The van der Waals surface area contributed by atoms with Crippen LogP contribution in [-0.4, -0.2) is 16.2 Å². The summed E-state index contributed by atoms with van der Waals surface area (Å²) in [7, 11) is 0. The minimum atomic E-state index is -0.782. The van der Waals surface area contributed by atoms with Crippen molar-refractivity contribution in [3.63, 3.8) is 0 Å². The van der Waals surface area contributed by atoms with Crippen molar-refractivity contribution < 1.29 is 15.0 Å². The van der Waals surface area contributed by atoms with Crippen molar-refractivity contribution in [1.29, 1.82) is 0 Å². The van der Waals surface area contributed by atoms with Crippen LogP contribution in [0.3, 0.4) is 0 Å². The van der Waals surface area contributed by atoms with Gasteiger partial charge in [-0.3, -0.25) is 4.79 Å². The van der Waals surface area contributed by atoms with Crippen molar-refractivity contribution in [3.8, 4) is 5.75 Å². The number of rotatable bonds is 2. The SMILES string of the molecule is Cc1ccc(C2(C(=O)O)CCCC2)c(C)c1O. The molecule has 0 aliphatic heterocycles. The van der Waals surface area contributed by atoms with E-state index in [1.807, 2.05) is 13.0 Å². The summed E-state index contributed by atoms with van der Waals surface area (Å²) in [4.78, 5) is 11.6. The van der Waals surface area contributed by atoms with E-state index >= 15 is 0 Å². The van der Waals surface area contributed by atoms with Crippen molar-refractivity contribution in [2.24, 2.45) is 0 Å². The lowest BCUT2D eigenvalue weighted by molar-refractivity contribution is -0.143. The number of hydrogen-bond acceptors (Lipinski definition) is 2. The van der Waals surface area contributed by atoms with Gasteiger partial charge in [0.05, 0.1) is 5.41 Å². The largest absolute Gasteiger partial charge is 0.507 e. The van der Waals surface area contributed by atoms with E-state index in [-0.39, 0.29) is 5.75 Å². The smallest absolute Gasteiger partial charge is 0.314 e. The molecule has 1 aliphatic rings. The molecule has 3 nitrogen and oxygen atoms in total. The Morgan fingerprint density at radius 3 is 2.35 bits per heavy atom. The third kappa shape index (κ3) is 1.70. The topological polar surface area (TPSA) is 57.5 Å². The second kappa shape index (κ2) is 4.06. The van der Waals surface area contributed by atoms with Crippen LogP contribution in [0.15, 0.2) is 12.1 Å². The van der Waals surface area contributed by atoms with Gasteiger partial charge in [-0.1, -0.05) is 25.0 Å². The maximum Gasteiger partial charge on any atom is 0.314 e. The number of carboxylic acid groups (broad SMARTS) is 1. The number of aromatic hydroxyl groups is 1. The summed E-state index contributed by atoms with van der Waals surface area (Å²) in [6.07, 6.45) is 3.23. The summed E-state index contributed by atoms with van der Waals surface area (Å²) in [5.74, 6) is -0.531. The number of hydrogen-bond donors (Lipinski definition) is 2. The molecule has 2 rings (SSSR count). The highest BCUT2D eigenvalue weighted by Gasteiger charge is 2.44. The molecular weight excluding hydrogens is 216 g/mol. The van der Waals surface area contributed by atoms with Crippen molar-refractivity contribution in [2.75, 3.05) is 0 Å². The molecule has 1 aliphatic carbocycles. The molecule has 1 saturated carbocycles. The van der Waals surface area contributed by atoms with E-state index in [0.717, 1.165) is 24.0 Å². The monoisotopic (exact) mass is 234 g/mol. The Morgan fingerprint density at radius 1 is 1.24 bits per heavy atom. The van der Waals surface area contributed by atoms with Crippen LogP contribution in [0.1, 0.15) is 42.4 Å². The molecule has 0 radical (unpaired) electrons. The molecule has 3 heteroatoms. The van der Waals surface area contributed by atoms with E-state index in [9.17, 15) is 15.0 Å². The van der Waals surface area contributed by atoms with Gasteiger partial charge >= 0.3 is 5.97 Å². The fraction of sp³-hybridized carbons (Fsp3) is 0.500. The Morgan fingerprint density at radius 2 is 1.82 bits per heavy atom. The lowest BCUT2D eigenvalue weighted by Gasteiger charge is -2.27. The first kappa shape index (κ1) is 12.0. The average Bonchev–Trinajstić information content (AvgIpc) is 2.76. The first-order chi connectivity index (χ1) is 7.99. The van der Waals surface area contributed by atoms with Crippen molar-refractivity contribution >= 4 is 5.97 Å². The van der Waals surface area contributed by atoms with Crippen LogP contribution in [-0.2, 0) is 10.2 Å². The molecule has 92 valence electrons. The van der Waals surface area contributed by atoms with Gasteiger partial charge in [-0.25, -0.2) is 0 Å². The standard InChI is InChI=1S/C14H18O3/c1-9-5-6-11(10(2)12(9)15)14(13(16)17)7-3-4-8-14/h5-6,15H,3-4,7-8H2,1-2H3,(H,16,17). The van der Waals surface area contributed by atoms with Gasteiger partial charge in [0, 0.05) is 0 Å². The number of aliphatic carboxylic acids is 1. The zero-order valence-electron chi connectivity index (χ0n) is 10.3. The summed E-state index contributed by atoms with van der Waals surface area (Å²) in [6.45, 7) is 3.63. The van der Waals surface area contributed by atoms with Crippen molar-refractivity contribution in [2.45, 2.75) is 44.9 Å². The summed E-state index contributed by atoms with van der Waals surface area (Å²) < 4.78 is 0. The van der Waals surface area contributed by atoms with Gasteiger partial charge < -0.3 is 10.2 Å². The quantitative estimate of drug-likeness (QED) is 0.827. The van der Waals surface area contributed by atoms with Crippen LogP contribution in [0, 0.1) is 13.8 Å². The highest BCUT2D eigenvalue weighted by atomic mass is 16.4. The number of carboxylic acids is 1. The molecule has 0 aromatic heterocycles. The number of phenolic OH excluding ortho intramolecular Hbond substituents is 1. The van der Waals surface area contributed by atoms with E-state index in [1.165, 1.54) is 0 Å². The molecule has 0 atom stereocenters. The Labute approximate surface area is 101 Å². The van der Waals surface area contributed by atoms with Gasteiger partial charge in [-0.05, 0) is 43.4 Å². The van der Waals surface area contributed by atoms with Crippen LogP contribution in [0.4, 0.5) is 0 Å². The van der Waals surface area contributed by atoms with Gasteiger partial charge in [-0.2, -0.15) is 0 Å². The zero-order chi connectivity index (χ0) is 12.6. The third-order valence-corrected chi connectivity index (χ3v) is 4.01. The molecule has 0 heterocycles. The zero-order valence-corrected chi connectivity index (χ0v) is 10.3. The molecule has 0 amide bonds. The van der Waals surface area contributed by atoms with Crippen LogP contribution >= 0.6 is 0 Å². The summed E-state index contributed by atoms with van der Waals surface area (Å²) in [5.41, 5.74) is 1.51. The van der Waals surface area contributed by atoms with E-state index in [4.69, 9.17) is 0 Å². The van der Waals surface area contributed by atoms with E-state index in [2.05, 4.69) is 0 Å². The minimum Gasteiger partial charge on any atom is -0.507 e. The highest BCUT2D eigenvalue weighted by molar-refractivity contribution is 5.82. The molecule has 2 N–H and O–H groups in total. The molecule has 0 unspecified atom stereocenters. The highest BCUT2D eigenvalue weighted by Crippen LogP contribution is 2.44. The first-order valence-electron chi connectivity index (χ1n) is 6.02. The first-order valence-corrected chi connectivity index (χ1v) is 6.02. The van der Waals surface area contributed by atoms with Gasteiger partial charge in [0.2, 0.25) is 0 Å². The second-order valence-electron chi connectivity index (χ2n) is 5.00. The van der Waals surface area contributed by atoms with Crippen molar-refractivity contribution in [3.05, 3.63) is 28.8 Å². The molecule has 0 bridgehead atoms. The maximum atomic E-state index is 11.6. The lowest BCUT2D eigenvalue weighted by Crippen LogP contribution is -2.33. The molecule has 0 saturated heterocycles.